The highest BCUT2D eigenvalue weighted by molar-refractivity contribution is 14.1. The lowest BCUT2D eigenvalue weighted by molar-refractivity contribution is -0.113. The number of benzene rings is 4. The predicted molar refractivity (Wildman–Crippen MR) is 225 cm³/mol. The Bertz CT molecular complexity index is 2860. The van der Waals surface area contributed by atoms with Crippen molar-refractivity contribution in [1.82, 2.24) is 9.97 Å². The number of para-hydroxylation sites is 2. The quantitative estimate of drug-likeness (QED) is 0.116. The molecule has 4 aromatic carbocycles. The van der Waals surface area contributed by atoms with E-state index in [9.17, 15) is 31.7 Å². The first-order valence-electron chi connectivity index (χ1n) is 18.0. The van der Waals surface area contributed by atoms with Crippen molar-refractivity contribution in [2.24, 2.45) is 8.80 Å². The largest absolute Gasteiger partial charge is 0.448 e. The van der Waals surface area contributed by atoms with Crippen LogP contribution in [0.4, 0.5) is 11.4 Å². The van der Waals surface area contributed by atoms with Crippen molar-refractivity contribution in [3.05, 3.63) is 154 Å². The number of oxazole rings is 2. The number of nitriles is 1. The topological polar surface area (TPSA) is 227 Å². The minimum Gasteiger partial charge on any atom is -0.448 e. The molecule has 0 saturated heterocycles. The van der Waals surface area contributed by atoms with Crippen molar-refractivity contribution in [3.63, 3.8) is 0 Å². The highest BCUT2D eigenvalue weighted by atomic mass is 127. The Kier molecular flexibility index (Phi) is 12.2. The van der Waals surface area contributed by atoms with E-state index in [-0.39, 0.29) is 52.4 Å². The molecule has 4 heterocycles. The van der Waals surface area contributed by atoms with Gasteiger partial charge in [0, 0.05) is 16.4 Å². The van der Waals surface area contributed by atoms with Gasteiger partial charge in [0.15, 0.2) is 23.2 Å². The number of ketones is 2. The third-order valence-corrected chi connectivity index (χ3v) is 13.0. The zero-order valence-corrected chi connectivity index (χ0v) is 34.5. The van der Waals surface area contributed by atoms with Crippen LogP contribution in [0.25, 0.3) is 0 Å². The van der Waals surface area contributed by atoms with Crippen LogP contribution in [-0.4, -0.2) is 50.0 Å². The molecular weight excluding hydrogens is 910 g/mol. The molecule has 2 atom stereocenters. The van der Waals surface area contributed by atoms with Gasteiger partial charge in [-0.1, -0.05) is 60.7 Å². The molecule has 2 N–H and O–H groups in total. The number of halogens is 1. The Morgan fingerprint density at radius 3 is 1.56 bits per heavy atom. The van der Waals surface area contributed by atoms with E-state index in [0.29, 0.717) is 40.7 Å². The third kappa shape index (κ3) is 9.22. The number of nitrogens with one attached hydrogen (secondary N) is 2. The molecule has 2 aliphatic heterocycles. The second-order valence-electron chi connectivity index (χ2n) is 13.1. The van der Waals surface area contributed by atoms with E-state index in [0.717, 1.165) is 9.13 Å². The summed E-state index contributed by atoms with van der Waals surface area (Å²) in [6.45, 7) is 0. The first-order valence-corrected chi connectivity index (χ1v) is 21.9. The van der Waals surface area contributed by atoms with Gasteiger partial charge in [-0.3, -0.25) is 9.59 Å². The Hall–Kier alpha value is -6.30. The summed E-state index contributed by atoms with van der Waals surface area (Å²) in [6, 6.07) is 29.6. The van der Waals surface area contributed by atoms with E-state index in [1.54, 1.807) is 66.9 Å². The summed E-state index contributed by atoms with van der Waals surface area (Å²) in [5, 5.41) is 15.1. The maximum absolute atomic E-state index is 12.8. The average molecular weight is 942 g/mol. The van der Waals surface area contributed by atoms with Crippen molar-refractivity contribution in [1.29, 1.82) is 5.26 Å². The number of fused-ring (bicyclic) bond motifs is 2. The minimum absolute atomic E-state index is 0.0175. The van der Waals surface area contributed by atoms with E-state index < -0.39 is 31.7 Å². The molecule has 0 bridgehead atoms. The van der Waals surface area contributed by atoms with Crippen molar-refractivity contribution in [2.45, 2.75) is 47.3 Å². The molecular formula is C41H32IN7O8S2. The molecule has 15 nitrogen and oxygen atoms in total. The molecule has 298 valence electrons. The fourth-order valence-electron chi connectivity index (χ4n) is 6.56. The van der Waals surface area contributed by atoms with E-state index in [2.05, 4.69) is 58.1 Å². The lowest BCUT2D eigenvalue weighted by Crippen LogP contribution is -2.29. The number of anilines is 2. The first kappa shape index (κ1) is 40.9. The number of hydrogen-bond acceptors (Lipinski definition) is 13. The zero-order chi connectivity index (χ0) is 41.6. The van der Waals surface area contributed by atoms with Crippen molar-refractivity contribution < 1.29 is 35.3 Å². The monoisotopic (exact) mass is 941 g/mol. The molecule has 2 aliphatic rings. The third-order valence-electron chi connectivity index (χ3n) is 9.34. The standard InChI is InChI=1S/C21H16N4O4S.C20H16IN3O4S/c22-13-14-5-1-2-6-15(14)16(21-23-11-12-29-21)9-10-18(26)20-24-17-7-3-4-8-19(17)30(27,28)25-20;21-15-6-2-1-5-13(15)14(20-22-11-12-28-20)9-10-17(25)19-23-16-7-3-4-8-18(16)29(26,27)24-19/h1-8,11-12,16H,9-10H2,(H,24,25);1-8,11-12,14H,9-10H2,(H,23,24). The number of carbonyl (C=O) groups is 2. The van der Waals surface area contributed by atoms with Crippen molar-refractivity contribution >= 4 is 77.2 Å². The number of sulfonamides is 2. The Morgan fingerprint density at radius 1 is 0.644 bits per heavy atom. The van der Waals surface area contributed by atoms with Gasteiger partial charge in [0.1, 0.15) is 22.3 Å². The van der Waals surface area contributed by atoms with Crippen LogP contribution in [0.15, 0.2) is 149 Å². The number of aromatic nitrogens is 2. The lowest BCUT2D eigenvalue weighted by Gasteiger charge is -2.18. The normalized spacial score (nSPS) is 15.5. The number of Topliss-reactive ketones (excluding diaryl/α,β-unsaturated/α-hetero) is 2. The van der Waals surface area contributed by atoms with Crippen LogP contribution in [0.2, 0.25) is 0 Å². The number of rotatable bonds is 12. The fraction of sp³-hybridized carbons (Fsp3) is 0.146. The highest BCUT2D eigenvalue weighted by Crippen LogP contribution is 2.34. The van der Waals surface area contributed by atoms with Gasteiger partial charge in [-0.2, -0.15) is 22.1 Å². The van der Waals surface area contributed by atoms with Gasteiger partial charge in [-0.25, -0.2) is 9.97 Å². The van der Waals surface area contributed by atoms with Gasteiger partial charge >= 0.3 is 0 Å². The average Bonchev–Trinajstić information content (AvgIpc) is 3.98. The molecule has 0 amide bonds. The van der Waals surface area contributed by atoms with Crippen LogP contribution >= 0.6 is 22.6 Å². The fourth-order valence-corrected chi connectivity index (χ4v) is 9.59. The van der Waals surface area contributed by atoms with Gasteiger partial charge in [-0.15, -0.1) is 8.80 Å². The van der Waals surface area contributed by atoms with Crippen molar-refractivity contribution in [2.75, 3.05) is 10.6 Å². The smallest absolute Gasteiger partial charge is 0.286 e. The molecule has 0 radical (unpaired) electrons. The van der Waals surface area contributed by atoms with Crippen LogP contribution in [-0.2, 0) is 29.6 Å². The number of hydrogen-bond donors (Lipinski definition) is 2. The number of amidine groups is 2. The maximum Gasteiger partial charge on any atom is 0.286 e. The van der Waals surface area contributed by atoms with Gasteiger partial charge in [0.05, 0.1) is 47.2 Å². The molecule has 2 unspecified atom stereocenters. The Morgan fingerprint density at radius 2 is 1.08 bits per heavy atom. The van der Waals surface area contributed by atoms with Gasteiger partial charge in [0.2, 0.25) is 11.8 Å². The van der Waals surface area contributed by atoms with Crippen LogP contribution in [0.5, 0.6) is 0 Å². The number of carbonyl (C=O) groups excluding carboxylic acids is 2. The summed E-state index contributed by atoms with van der Waals surface area (Å²) in [5.74, 6) is -1.01. The van der Waals surface area contributed by atoms with Crippen LogP contribution in [0, 0.1) is 14.9 Å². The molecule has 2 aromatic heterocycles. The summed E-state index contributed by atoms with van der Waals surface area (Å²) in [4.78, 5) is 34.1. The summed E-state index contributed by atoms with van der Waals surface area (Å²) >= 11 is 2.24. The summed E-state index contributed by atoms with van der Waals surface area (Å²) in [7, 11) is -7.85. The molecule has 8 rings (SSSR count). The molecule has 0 saturated carbocycles. The predicted octanol–water partition coefficient (Wildman–Crippen LogP) is 7.21. The Balaban J connectivity index is 0.000000179. The summed E-state index contributed by atoms with van der Waals surface area (Å²) in [6.07, 6.45) is 6.72. The second-order valence-corrected chi connectivity index (χ2v) is 17.4. The highest BCUT2D eigenvalue weighted by Gasteiger charge is 2.31. The van der Waals surface area contributed by atoms with Crippen LogP contribution in [0.1, 0.15) is 66.0 Å². The van der Waals surface area contributed by atoms with E-state index in [4.69, 9.17) is 8.83 Å². The van der Waals surface area contributed by atoms with E-state index in [1.165, 1.54) is 30.9 Å². The SMILES string of the molecule is N#Cc1ccccc1C(CCC(=O)C1=NS(=O)(=O)c2ccccc2N1)c1ncco1.O=C(CCC(c1ncco1)c1ccccc1I)C1=NS(=O)(=O)c2ccccc2N1. The van der Waals surface area contributed by atoms with Gasteiger partial charge in [0.25, 0.3) is 20.0 Å². The molecule has 18 heteroatoms. The minimum atomic E-state index is -3.95. The van der Waals surface area contributed by atoms with Gasteiger partial charge < -0.3 is 19.5 Å². The van der Waals surface area contributed by atoms with Crippen LogP contribution in [0.3, 0.4) is 0 Å². The van der Waals surface area contributed by atoms with Gasteiger partial charge in [-0.05, 0) is 83.0 Å². The zero-order valence-electron chi connectivity index (χ0n) is 30.7. The molecule has 0 fully saturated rings. The molecule has 0 aliphatic carbocycles. The molecule has 59 heavy (non-hydrogen) atoms. The maximum atomic E-state index is 12.8. The lowest BCUT2D eigenvalue weighted by atomic mass is 9.89. The summed E-state index contributed by atoms with van der Waals surface area (Å²) in [5.41, 5.74) is 2.81. The second kappa shape index (κ2) is 17.7. The van der Waals surface area contributed by atoms with E-state index >= 15 is 0 Å². The van der Waals surface area contributed by atoms with Crippen LogP contribution < -0.4 is 10.6 Å². The number of nitrogens with zero attached hydrogens (tertiary/aromatic N) is 5. The summed E-state index contributed by atoms with van der Waals surface area (Å²) < 4.78 is 68.8. The Labute approximate surface area is 352 Å². The first-order chi connectivity index (χ1) is 28.4. The molecule has 0 spiro atoms. The molecule has 6 aromatic rings. The van der Waals surface area contributed by atoms with Crippen molar-refractivity contribution in [3.8, 4) is 6.07 Å². The van der Waals surface area contributed by atoms with E-state index in [1.807, 2.05) is 24.3 Å².